The maximum atomic E-state index is 9.65. The van der Waals surface area contributed by atoms with E-state index in [-0.39, 0.29) is 16.9 Å². The van der Waals surface area contributed by atoms with E-state index < -0.39 is 0 Å². The van der Waals surface area contributed by atoms with Gasteiger partial charge in [-0.2, -0.15) is 0 Å². The lowest BCUT2D eigenvalue weighted by Crippen LogP contribution is -2.33. The third kappa shape index (κ3) is 4.99. The van der Waals surface area contributed by atoms with Gasteiger partial charge in [0.25, 0.3) is 0 Å². The summed E-state index contributed by atoms with van der Waals surface area (Å²) in [6.45, 7) is 9.97. The van der Waals surface area contributed by atoms with Gasteiger partial charge in [-0.3, -0.25) is 0 Å². The molecule has 0 saturated heterocycles. The number of benzene rings is 2. The van der Waals surface area contributed by atoms with Crippen LogP contribution in [0.2, 0.25) is 0 Å². The Balaban J connectivity index is 2.31. The minimum absolute atomic E-state index is 0.166. The van der Waals surface area contributed by atoms with Gasteiger partial charge in [0.2, 0.25) is 0 Å². The van der Waals surface area contributed by atoms with E-state index in [9.17, 15) is 10.2 Å². The van der Waals surface area contributed by atoms with E-state index in [1.165, 1.54) is 11.1 Å². The van der Waals surface area contributed by atoms with Gasteiger partial charge in [0.1, 0.15) is 11.5 Å². The molecule has 0 amide bonds. The molecule has 0 radical (unpaired) electrons. The minimum atomic E-state index is -0.166. The molecule has 0 aliphatic heterocycles. The van der Waals surface area contributed by atoms with Crippen molar-refractivity contribution in [3.05, 3.63) is 59.7 Å². The molecule has 2 aromatic carbocycles. The van der Waals surface area contributed by atoms with Gasteiger partial charge in [0.05, 0.1) is 0 Å². The highest BCUT2D eigenvalue weighted by Crippen LogP contribution is 2.37. The van der Waals surface area contributed by atoms with Crippen LogP contribution in [0.25, 0.3) is 0 Å². The summed E-state index contributed by atoms with van der Waals surface area (Å²) in [5, 5.41) is 19.3. The summed E-state index contributed by atoms with van der Waals surface area (Å²) in [5.41, 5.74) is 2.20. The second kappa shape index (κ2) is 8.91. The largest absolute Gasteiger partial charge is 0.508 e. The zero-order valence-electron chi connectivity index (χ0n) is 15.7. The summed E-state index contributed by atoms with van der Waals surface area (Å²) in [6, 6.07) is 15.0. The van der Waals surface area contributed by atoms with Crippen LogP contribution in [0.4, 0.5) is 0 Å². The van der Waals surface area contributed by atoms with Gasteiger partial charge in [0.15, 0.2) is 0 Å². The van der Waals surface area contributed by atoms with E-state index in [4.69, 9.17) is 0 Å². The molecule has 2 aromatic rings. The highest BCUT2D eigenvalue weighted by atomic mass is 16.3. The van der Waals surface area contributed by atoms with Crippen LogP contribution >= 0.6 is 0 Å². The van der Waals surface area contributed by atoms with Crippen molar-refractivity contribution in [2.24, 2.45) is 0 Å². The first kappa shape index (κ1) is 19.3. The lowest BCUT2D eigenvalue weighted by Gasteiger charge is -2.34. The average molecular weight is 341 g/mol. The van der Waals surface area contributed by atoms with Crippen molar-refractivity contribution in [3.8, 4) is 11.5 Å². The third-order valence-electron chi connectivity index (χ3n) is 5.02. The summed E-state index contributed by atoms with van der Waals surface area (Å²) in [6.07, 6.45) is 3.31. The number of aromatic hydroxyl groups is 2. The molecule has 3 heteroatoms. The summed E-state index contributed by atoms with van der Waals surface area (Å²) in [4.78, 5) is 2.53. The van der Waals surface area contributed by atoms with Crippen LogP contribution < -0.4 is 0 Å². The molecule has 136 valence electrons. The standard InChI is InChI=1S/C22H31NO2/c1-4-15-23(16-5-2)17-14-22(3,18-6-10-20(24)11-7-18)19-8-12-21(25)13-9-19/h6-13,24-25H,4-5,14-17H2,1-3H3. The lowest BCUT2D eigenvalue weighted by molar-refractivity contribution is 0.253. The molecule has 0 saturated carbocycles. The Labute approximate surface area is 151 Å². The molecule has 0 heterocycles. The smallest absolute Gasteiger partial charge is 0.115 e. The van der Waals surface area contributed by atoms with Gasteiger partial charge >= 0.3 is 0 Å². The highest BCUT2D eigenvalue weighted by molar-refractivity contribution is 5.42. The molecule has 2 N–H and O–H groups in total. The molecule has 25 heavy (non-hydrogen) atoms. The fraction of sp³-hybridized carbons (Fsp3) is 0.455. The maximum absolute atomic E-state index is 9.65. The van der Waals surface area contributed by atoms with E-state index in [1.54, 1.807) is 24.3 Å². The molecule has 0 atom stereocenters. The minimum Gasteiger partial charge on any atom is -0.508 e. The SMILES string of the molecule is CCCN(CCC)CCC(C)(c1ccc(O)cc1)c1ccc(O)cc1. The zero-order chi connectivity index (χ0) is 18.3. The first-order chi connectivity index (χ1) is 12.0. The quantitative estimate of drug-likeness (QED) is 0.680. The van der Waals surface area contributed by atoms with Crippen LogP contribution in [0.3, 0.4) is 0 Å². The van der Waals surface area contributed by atoms with Crippen LogP contribution in [0, 0.1) is 0 Å². The molecule has 3 nitrogen and oxygen atoms in total. The number of hydrogen-bond donors (Lipinski definition) is 2. The van der Waals surface area contributed by atoms with Gasteiger partial charge in [-0.05, 0) is 74.3 Å². The molecular formula is C22H31NO2. The van der Waals surface area contributed by atoms with E-state index in [0.29, 0.717) is 0 Å². The monoisotopic (exact) mass is 341 g/mol. The Morgan fingerprint density at radius 1 is 0.720 bits per heavy atom. The molecule has 2 rings (SSSR count). The maximum Gasteiger partial charge on any atom is 0.115 e. The van der Waals surface area contributed by atoms with Crippen molar-refractivity contribution in [2.45, 2.75) is 45.4 Å². The van der Waals surface area contributed by atoms with Crippen molar-refractivity contribution in [1.82, 2.24) is 4.90 Å². The van der Waals surface area contributed by atoms with Crippen LogP contribution in [0.1, 0.15) is 51.2 Å². The second-order valence-electron chi connectivity index (χ2n) is 7.02. The van der Waals surface area contributed by atoms with Crippen molar-refractivity contribution in [1.29, 1.82) is 0 Å². The molecule has 0 aromatic heterocycles. The molecule has 0 aliphatic carbocycles. The Morgan fingerprint density at radius 2 is 1.12 bits per heavy atom. The molecule has 0 spiro atoms. The van der Waals surface area contributed by atoms with Gasteiger partial charge in [-0.25, -0.2) is 0 Å². The van der Waals surface area contributed by atoms with Crippen molar-refractivity contribution in [2.75, 3.05) is 19.6 Å². The van der Waals surface area contributed by atoms with Gasteiger partial charge < -0.3 is 15.1 Å². The first-order valence-corrected chi connectivity index (χ1v) is 9.31. The van der Waals surface area contributed by atoms with E-state index in [1.807, 2.05) is 24.3 Å². The van der Waals surface area contributed by atoms with Gasteiger partial charge in [0, 0.05) is 5.41 Å². The molecule has 0 fully saturated rings. The molecule has 0 bridgehead atoms. The van der Waals surface area contributed by atoms with Gasteiger partial charge in [-0.15, -0.1) is 0 Å². The number of nitrogens with zero attached hydrogens (tertiary/aromatic N) is 1. The average Bonchev–Trinajstić information content (AvgIpc) is 2.61. The van der Waals surface area contributed by atoms with Crippen molar-refractivity contribution < 1.29 is 10.2 Å². The second-order valence-corrected chi connectivity index (χ2v) is 7.02. The number of rotatable bonds is 9. The summed E-state index contributed by atoms with van der Waals surface area (Å²) in [5.74, 6) is 0.575. The fourth-order valence-electron chi connectivity index (χ4n) is 3.46. The Morgan fingerprint density at radius 3 is 1.48 bits per heavy atom. The highest BCUT2D eigenvalue weighted by Gasteiger charge is 2.29. The predicted molar refractivity (Wildman–Crippen MR) is 104 cm³/mol. The lowest BCUT2D eigenvalue weighted by atomic mass is 9.73. The van der Waals surface area contributed by atoms with Crippen molar-refractivity contribution >= 4 is 0 Å². The van der Waals surface area contributed by atoms with Crippen LogP contribution in [-0.2, 0) is 5.41 Å². The van der Waals surface area contributed by atoms with Crippen LogP contribution in [-0.4, -0.2) is 34.7 Å². The van der Waals surface area contributed by atoms with Crippen LogP contribution in [0.5, 0.6) is 11.5 Å². The number of phenolic OH excluding ortho intramolecular Hbond substituents is 2. The number of hydrogen-bond acceptors (Lipinski definition) is 3. The Hall–Kier alpha value is -2.00. The fourth-order valence-corrected chi connectivity index (χ4v) is 3.46. The summed E-state index contributed by atoms with van der Waals surface area (Å²) < 4.78 is 0. The normalized spacial score (nSPS) is 11.8. The predicted octanol–water partition coefficient (Wildman–Crippen LogP) is 4.92. The number of phenols is 2. The van der Waals surface area contributed by atoms with E-state index >= 15 is 0 Å². The topological polar surface area (TPSA) is 43.7 Å². The van der Waals surface area contributed by atoms with Crippen LogP contribution in [0.15, 0.2) is 48.5 Å². The molecule has 0 unspecified atom stereocenters. The molecular weight excluding hydrogens is 310 g/mol. The van der Waals surface area contributed by atoms with E-state index in [2.05, 4.69) is 25.7 Å². The van der Waals surface area contributed by atoms with Gasteiger partial charge in [-0.1, -0.05) is 45.0 Å². The summed E-state index contributed by atoms with van der Waals surface area (Å²) in [7, 11) is 0. The first-order valence-electron chi connectivity index (χ1n) is 9.31. The third-order valence-corrected chi connectivity index (χ3v) is 5.02. The van der Waals surface area contributed by atoms with Crippen molar-refractivity contribution in [3.63, 3.8) is 0 Å². The zero-order valence-corrected chi connectivity index (χ0v) is 15.7. The van der Waals surface area contributed by atoms with E-state index in [0.717, 1.165) is 38.9 Å². The Bertz CT molecular complexity index is 583. The summed E-state index contributed by atoms with van der Waals surface area (Å²) >= 11 is 0. The molecule has 0 aliphatic rings. The Kier molecular flexibility index (Phi) is 6.89.